The number of rotatable bonds is 2. The first kappa shape index (κ1) is 13.6. The van der Waals surface area contributed by atoms with Crippen molar-refractivity contribution in [2.24, 2.45) is 0 Å². The molecule has 0 aliphatic rings. The number of aryl methyl sites for hydroxylation is 1. The first-order valence-electron chi connectivity index (χ1n) is 6.11. The molecule has 2 aromatic carbocycles. The highest BCUT2D eigenvalue weighted by Crippen LogP contribution is 2.21. The summed E-state index contributed by atoms with van der Waals surface area (Å²) in [4.78, 5) is 13.8. The van der Waals surface area contributed by atoms with Gasteiger partial charge in [-0.05, 0) is 42.8 Å². The van der Waals surface area contributed by atoms with Gasteiger partial charge in [-0.2, -0.15) is 5.26 Å². The number of benzene rings is 2. The van der Waals surface area contributed by atoms with Crippen LogP contribution in [0.3, 0.4) is 0 Å². The number of carbonyl (C=O) groups excluding carboxylic acids is 1. The van der Waals surface area contributed by atoms with E-state index in [1.165, 1.54) is 11.0 Å². The SMILES string of the molecule is Cc1ccc(C(=O)N(C)c2cccc(C#N)c2)cc1O. The Balaban J connectivity index is 2.32. The summed E-state index contributed by atoms with van der Waals surface area (Å²) in [7, 11) is 1.63. The molecule has 4 nitrogen and oxygen atoms in total. The number of nitrogens with zero attached hydrogens (tertiary/aromatic N) is 2. The first-order valence-corrected chi connectivity index (χ1v) is 6.11. The van der Waals surface area contributed by atoms with E-state index in [2.05, 4.69) is 0 Å². The summed E-state index contributed by atoms with van der Waals surface area (Å²) in [6.45, 7) is 1.77. The van der Waals surface area contributed by atoms with E-state index in [0.29, 0.717) is 16.8 Å². The average Bonchev–Trinajstić information content (AvgIpc) is 2.48. The van der Waals surface area contributed by atoms with Gasteiger partial charge in [0.15, 0.2) is 0 Å². The molecule has 0 bridgehead atoms. The Bertz CT molecular complexity index is 702. The second kappa shape index (κ2) is 5.45. The van der Waals surface area contributed by atoms with Gasteiger partial charge < -0.3 is 10.0 Å². The predicted molar refractivity (Wildman–Crippen MR) is 76.7 cm³/mol. The zero-order valence-corrected chi connectivity index (χ0v) is 11.3. The average molecular weight is 266 g/mol. The summed E-state index contributed by atoms with van der Waals surface area (Å²) >= 11 is 0. The van der Waals surface area contributed by atoms with Crippen LogP contribution in [0, 0.1) is 18.3 Å². The largest absolute Gasteiger partial charge is 0.508 e. The van der Waals surface area contributed by atoms with Crippen LogP contribution < -0.4 is 4.90 Å². The predicted octanol–water partition coefficient (Wildman–Crippen LogP) is 2.85. The zero-order valence-electron chi connectivity index (χ0n) is 11.3. The maximum atomic E-state index is 12.3. The molecule has 0 heterocycles. The molecule has 1 amide bonds. The molecule has 100 valence electrons. The molecular weight excluding hydrogens is 252 g/mol. The zero-order chi connectivity index (χ0) is 14.7. The highest BCUT2D eigenvalue weighted by atomic mass is 16.3. The van der Waals surface area contributed by atoms with E-state index in [4.69, 9.17) is 5.26 Å². The minimum absolute atomic E-state index is 0.0926. The number of nitriles is 1. The van der Waals surface area contributed by atoms with Crippen LogP contribution >= 0.6 is 0 Å². The van der Waals surface area contributed by atoms with Crippen LogP contribution in [-0.2, 0) is 0 Å². The summed E-state index contributed by atoms with van der Waals surface area (Å²) in [5.41, 5.74) is 2.25. The highest BCUT2D eigenvalue weighted by molar-refractivity contribution is 6.06. The van der Waals surface area contributed by atoms with E-state index in [0.717, 1.165) is 5.56 Å². The Kier molecular flexibility index (Phi) is 3.72. The third kappa shape index (κ3) is 2.62. The molecular formula is C16H14N2O2. The van der Waals surface area contributed by atoms with Crippen molar-refractivity contribution in [3.63, 3.8) is 0 Å². The van der Waals surface area contributed by atoms with Gasteiger partial charge in [0.05, 0.1) is 11.6 Å². The lowest BCUT2D eigenvalue weighted by Gasteiger charge is -2.18. The van der Waals surface area contributed by atoms with Crippen molar-refractivity contribution < 1.29 is 9.90 Å². The standard InChI is InChI=1S/C16H14N2O2/c1-11-6-7-13(9-15(11)19)16(20)18(2)14-5-3-4-12(8-14)10-17/h3-9,19H,1-2H3. The second-order valence-electron chi connectivity index (χ2n) is 4.53. The molecule has 0 aromatic heterocycles. The van der Waals surface area contributed by atoms with Crippen LogP contribution in [0.2, 0.25) is 0 Å². The third-order valence-electron chi connectivity index (χ3n) is 3.12. The monoisotopic (exact) mass is 266 g/mol. The summed E-state index contributed by atoms with van der Waals surface area (Å²) in [5, 5.41) is 18.5. The van der Waals surface area contributed by atoms with Crippen molar-refractivity contribution in [1.29, 1.82) is 5.26 Å². The summed E-state index contributed by atoms with van der Waals surface area (Å²) < 4.78 is 0. The van der Waals surface area contributed by atoms with Gasteiger partial charge in [-0.15, -0.1) is 0 Å². The first-order chi connectivity index (χ1) is 9.52. The van der Waals surface area contributed by atoms with Crippen molar-refractivity contribution >= 4 is 11.6 Å². The molecule has 2 aromatic rings. The fraction of sp³-hybridized carbons (Fsp3) is 0.125. The van der Waals surface area contributed by atoms with Gasteiger partial charge in [-0.3, -0.25) is 4.79 Å². The van der Waals surface area contributed by atoms with Crippen molar-refractivity contribution in [2.75, 3.05) is 11.9 Å². The van der Waals surface area contributed by atoms with Crippen LogP contribution in [-0.4, -0.2) is 18.1 Å². The van der Waals surface area contributed by atoms with Crippen molar-refractivity contribution in [2.45, 2.75) is 6.92 Å². The molecule has 0 aliphatic carbocycles. The molecule has 0 unspecified atom stereocenters. The number of carbonyl (C=O) groups is 1. The quantitative estimate of drug-likeness (QED) is 0.909. The van der Waals surface area contributed by atoms with E-state index < -0.39 is 0 Å². The Hall–Kier alpha value is -2.80. The van der Waals surface area contributed by atoms with Gasteiger partial charge in [0.1, 0.15) is 5.75 Å². The van der Waals surface area contributed by atoms with Crippen LogP contribution in [0.15, 0.2) is 42.5 Å². The van der Waals surface area contributed by atoms with E-state index in [1.54, 1.807) is 50.4 Å². The number of hydrogen-bond acceptors (Lipinski definition) is 3. The van der Waals surface area contributed by atoms with Crippen LogP contribution in [0.5, 0.6) is 5.75 Å². The Morgan fingerprint density at radius 2 is 2.00 bits per heavy atom. The maximum absolute atomic E-state index is 12.3. The van der Waals surface area contributed by atoms with Crippen LogP contribution in [0.25, 0.3) is 0 Å². The number of phenolic OH excluding ortho intramolecular Hbond substituents is 1. The molecule has 0 spiro atoms. The molecule has 0 aliphatic heterocycles. The molecule has 0 fully saturated rings. The fourth-order valence-electron chi connectivity index (χ4n) is 1.84. The maximum Gasteiger partial charge on any atom is 0.258 e. The highest BCUT2D eigenvalue weighted by Gasteiger charge is 2.14. The number of anilines is 1. The normalized spacial score (nSPS) is 9.85. The number of amides is 1. The molecule has 0 atom stereocenters. The smallest absolute Gasteiger partial charge is 0.258 e. The minimum Gasteiger partial charge on any atom is -0.508 e. The van der Waals surface area contributed by atoms with Crippen molar-refractivity contribution in [3.8, 4) is 11.8 Å². The molecule has 4 heteroatoms. The molecule has 0 saturated heterocycles. The topological polar surface area (TPSA) is 64.3 Å². The molecule has 1 N–H and O–H groups in total. The summed E-state index contributed by atoms with van der Waals surface area (Å²) in [6, 6.07) is 13.7. The Morgan fingerprint density at radius 1 is 1.25 bits per heavy atom. The molecule has 2 rings (SSSR count). The van der Waals surface area contributed by atoms with E-state index >= 15 is 0 Å². The number of aromatic hydroxyl groups is 1. The molecule has 20 heavy (non-hydrogen) atoms. The molecule has 0 radical (unpaired) electrons. The van der Waals surface area contributed by atoms with Gasteiger partial charge in [-0.1, -0.05) is 12.1 Å². The van der Waals surface area contributed by atoms with Gasteiger partial charge in [-0.25, -0.2) is 0 Å². The Labute approximate surface area is 117 Å². The summed E-state index contributed by atoms with van der Waals surface area (Å²) in [6.07, 6.45) is 0. The lowest BCUT2D eigenvalue weighted by Crippen LogP contribution is -2.26. The van der Waals surface area contributed by atoms with E-state index in [-0.39, 0.29) is 11.7 Å². The van der Waals surface area contributed by atoms with Gasteiger partial charge >= 0.3 is 0 Å². The van der Waals surface area contributed by atoms with E-state index in [1.807, 2.05) is 6.07 Å². The van der Waals surface area contributed by atoms with Crippen LogP contribution in [0.1, 0.15) is 21.5 Å². The van der Waals surface area contributed by atoms with Crippen LogP contribution in [0.4, 0.5) is 5.69 Å². The van der Waals surface area contributed by atoms with Crippen molar-refractivity contribution in [1.82, 2.24) is 0 Å². The van der Waals surface area contributed by atoms with Gasteiger partial charge in [0.2, 0.25) is 0 Å². The number of phenols is 1. The second-order valence-corrected chi connectivity index (χ2v) is 4.53. The minimum atomic E-state index is -0.240. The lowest BCUT2D eigenvalue weighted by molar-refractivity contribution is 0.0992. The Morgan fingerprint density at radius 3 is 2.65 bits per heavy atom. The third-order valence-corrected chi connectivity index (χ3v) is 3.12. The van der Waals surface area contributed by atoms with Crippen molar-refractivity contribution in [3.05, 3.63) is 59.2 Å². The number of hydrogen-bond donors (Lipinski definition) is 1. The van der Waals surface area contributed by atoms with Gasteiger partial charge in [0, 0.05) is 18.3 Å². The summed E-state index contributed by atoms with van der Waals surface area (Å²) in [5.74, 6) is -0.148. The fourth-order valence-corrected chi connectivity index (χ4v) is 1.84. The lowest BCUT2D eigenvalue weighted by atomic mass is 10.1. The van der Waals surface area contributed by atoms with Gasteiger partial charge in [0.25, 0.3) is 5.91 Å². The van der Waals surface area contributed by atoms with E-state index in [9.17, 15) is 9.90 Å². The molecule has 0 saturated carbocycles.